The topological polar surface area (TPSA) is 62.3 Å². The molecule has 1 amide bonds. The Kier molecular flexibility index (Phi) is 4.47. The average molecular weight is 341 g/mol. The van der Waals surface area contributed by atoms with Crippen molar-refractivity contribution in [1.82, 2.24) is 10.3 Å². The van der Waals surface area contributed by atoms with Crippen LogP contribution in [0.3, 0.4) is 0 Å². The molecule has 1 atom stereocenters. The Balaban J connectivity index is 1.70. The Morgan fingerprint density at radius 2 is 2.08 bits per heavy atom. The van der Waals surface area contributed by atoms with E-state index in [0.717, 1.165) is 6.07 Å². The highest BCUT2D eigenvalue weighted by Crippen LogP contribution is 2.36. The van der Waals surface area contributed by atoms with Gasteiger partial charge in [0.25, 0.3) is 0 Å². The second-order valence-corrected chi connectivity index (χ2v) is 6.31. The van der Waals surface area contributed by atoms with E-state index in [1.165, 1.54) is 17.2 Å². The Hall–Kier alpha value is -2.12. The summed E-state index contributed by atoms with van der Waals surface area (Å²) in [6, 6.07) is 2.14. The maximum absolute atomic E-state index is 13.1. The molecule has 5 nitrogen and oxygen atoms in total. The lowest BCUT2D eigenvalue weighted by atomic mass is 9.89. The molecular weight excluding hydrogens is 323 g/mol. The molecular formula is C16H18F3N3O2. The standard InChI is InChI=1S/C16H18F3N3O2/c17-16(18,19)13-4-1-5-20-14(13)22-6-2-3-10(9-22)15(24)21-11-7-12(23)8-11/h1,4-5,10-11H,2-3,6-9H2,(H,21,24). The van der Waals surface area contributed by atoms with Gasteiger partial charge in [0.05, 0.1) is 11.5 Å². The van der Waals surface area contributed by atoms with Gasteiger partial charge in [-0.25, -0.2) is 4.98 Å². The van der Waals surface area contributed by atoms with Gasteiger partial charge in [-0.05, 0) is 25.0 Å². The average Bonchev–Trinajstić information content (AvgIpc) is 2.52. The molecule has 130 valence electrons. The van der Waals surface area contributed by atoms with Crippen molar-refractivity contribution >= 4 is 17.5 Å². The Bertz CT molecular complexity index is 640. The molecule has 2 fully saturated rings. The van der Waals surface area contributed by atoms with Crippen LogP contribution in [0.4, 0.5) is 19.0 Å². The zero-order valence-corrected chi connectivity index (χ0v) is 13.0. The van der Waals surface area contributed by atoms with Crippen molar-refractivity contribution in [3.05, 3.63) is 23.9 Å². The van der Waals surface area contributed by atoms with Crippen molar-refractivity contribution in [3.63, 3.8) is 0 Å². The summed E-state index contributed by atoms with van der Waals surface area (Å²) in [5.74, 6) is -0.588. The van der Waals surface area contributed by atoms with Gasteiger partial charge in [0.1, 0.15) is 11.6 Å². The number of pyridine rings is 1. The molecule has 0 radical (unpaired) electrons. The van der Waals surface area contributed by atoms with Gasteiger partial charge in [0, 0.05) is 38.2 Å². The predicted molar refractivity (Wildman–Crippen MR) is 80.3 cm³/mol. The number of carbonyl (C=O) groups excluding carboxylic acids is 2. The molecule has 2 aliphatic rings. The van der Waals surface area contributed by atoms with Crippen LogP contribution in [-0.4, -0.2) is 35.8 Å². The van der Waals surface area contributed by atoms with Gasteiger partial charge in [-0.1, -0.05) is 0 Å². The molecule has 1 aliphatic carbocycles. The molecule has 3 rings (SSSR count). The predicted octanol–water partition coefficient (Wildman–Crippen LogP) is 2.16. The summed E-state index contributed by atoms with van der Waals surface area (Å²) in [4.78, 5) is 28.7. The Labute approximate surface area is 137 Å². The van der Waals surface area contributed by atoms with Crippen LogP contribution in [-0.2, 0) is 15.8 Å². The van der Waals surface area contributed by atoms with Crippen LogP contribution in [0.1, 0.15) is 31.2 Å². The number of Topliss-reactive ketones (excluding diaryl/α,β-unsaturated/α-hetero) is 1. The minimum absolute atomic E-state index is 0.119. The van der Waals surface area contributed by atoms with Crippen molar-refractivity contribution in [2.75, 3.05) is 18.0 Å². The number of piperidine rings is 1. The summed E-state index contributed by atoms with van der Waals surface area (Å²) >= 11 is 0. The first-order valence-electron chi connectivity index (χ1n) is 7.94. The zero-order valence-electron chi connectivity index (χ0n) is 13.0. The summed E-state index contributed by atoms with van der Waals surface area (Å²) in [6.45, 7) is 0.637. The second kappa shape index (κ2) is 6.41. The molecule has 1 saturated carbocycles. The van der Waals surface area contributed by atoms with Gasteiger partial charge in [0.15, 0.2) is 0 Å². The monoisotopic (exact) mass is 341 g/mol. The molecule has 1 aliphatic heterocycles. The lowest BCUT2D eigenvalue weighted by Crippen LogP contribution is -2.50. The van der Waals surface area contributed by atoms with E-state index >= 15 is 0 Å². The van der Waals surface area contributed by atoms with Crippen LogP contribution in [0, 0.1) is 5.92 Å². The van der Waals surface area contributed by atoms with E-state index in [4.69, 9.17) is 0 Å². The largest absolute Gasteiger partial charge is 0.419 e. The van der Waals surface area contributed by atoms with Gasteiger partial charge < -0.3 is 10.2 Å². The van der Waals surface area contributed by atoms with Gasteiger partial charge in [-0.3, -0.25) is 9.59 Å². The van der Waals surface area contributed by atoms with Gasteiger partial charge in [-0.15, -0.1) is 0 Å². The number of rotatable bonds is 3. The minimum Gasteiger partial charge on any atom is -0.355 e. The number of amides is 1. The Morgan fingerprint density at radius 3 is 2.75 bits per heavy atom. The van der Waals surface area contributed by atoms with E-state index in [1.54, 1.807) is 0 Å². The summed E-state index contributed by atoms with van der Waals surface area (Å²) in [5, 5.41) is 2.80. The van der Waals surface area contributed by atoms with Crippen LogP contribution in [0.15, 0.2) is 18.3 Å². The number of alkyl halides is 3. The van der Waals surface area contributed by atoms with Crippen molar-refractivity contribution in [3.8, 4) is 0 Å². The van der Waals surface area contributed by atoms with Gasteiger partial charge in [0.2, 0.25) is 5.91 Å². The first-order chi connectivity index (χ1) is 11.3. The van der Waals surface area contributed by atoms with Crippen LogP contribution in [0.25, 0.3) is 0 Å². The molecule has 0 spiro atoms. The Morgan fingerprint density at radius 1 is 1.33 bits per heavy atom. The highest BCUT2D eigenvalue weighted by Gasteiger charge is 2.38. The fraction of sp³-hybridized carbons (Fsp3) is 0.562. The number of nitrogens with zero attached hydrogens (tertiary/aromatic N) is 2. The number of hydrogen-bond donors (Lipinski definition) is 1. The van der Waals surface area contributed by atoms with Crippen molar-refractivity contribution in [1.29, 1.82) is 0 Å². The summed E-state index contributed by atoms with van der Waals surface area (Å²) in [5.41, 5.74) is -0.782. The van der Waals surface area contributed by atoms with Crippen molar-refractivity contribution in [2.24, 2.45) is 5.92 Å². The summed E-state index contributed by atoms with van der Waals surface area (Å²) in [7, 11) is 0. The smallest absolute Gasteiger partial charge is 0.355 e. The first kappa shape index (κ1) is 16.7. The number of halogens is 3. The maximum Gasteiger partial charge on any atom is 0.419 e. The molecule has 1 saturated heterocycles. The van der Waals surface area contributed by atoms with Crippen LogP contribution >= 0.6 is 0 Å². The molecule has 24 heavy (non-hydrogen) atoms. The number of anilines is 1. The third kappa shape index (κ3) is 3.52. The first-order valence-corrected chi connectivity index (χ1v) is 7.94. The van der Waals surface area contributed by atoms with E-state index in [2.05, 4.69) is 10.3 Å². The van der Waals surface area contributed by atoms with Crippen LogP contribution in [0.2, 0.25) is 0 Å². The second-order valence-electron chi connectivity index (χ2n) is 6.31. The van der Waals surface area contributed by atoms with Crippen LogP contribution in [0.5, 0.6) is 0 Å². The van der Waals surface area contributed by atoms with E-state index in [0.29, 0.717) is 32.2 Å². The lowest BCUT2D eigenvalue weighted by Gasteiger charge is -2.35. The van der Waals surface area contributed by atoms with Crippen molar-refractivity contribution in [2.45, 2.75) is 37.9 Å². The van der Waals surface area contributed by atoms with Crippen molar-refractivity contribution < 1.29 is 22.8 Å². The zero-order chi connectivity index (χ0) is 17.3. The third-order valence-electron chi connectivity index (χ3n) is 4.48. The number of ketones is 1. The van der Waals surface area contributed by atoms with Gasteiger partial charge in [-0.2, -0.15) is 13.2 Å². The fourth-order valence-electron chi connectivity index (χ4n) is 3.16. The molecule has 1 N–H and O–H groups in total. The molecule has 1 unspecified atom stereocenters. The third-order valence-corrected chi connectivity index (χ3v) is 4.48. The normalized spacial score (nSPS) is 22.2. The van der Waals surface area contributed by atoms with Gasteiger partial charge >= 0.3 is 6.18 Å². The molecule has 0 bridgehead atoms. The van der Waals surface area contributed by atoms with E-state index < -0.39 is 17.7 Å². The lowest BCUT2D eigenvalue weighted by molar-refractivity contribution is -0.137. The molecule has 1 aromatic heterocycles. The number of hydrogen-bond acceptors (Lipinski definition) is 4. The number of aromatic nitrogens is 1. The summed E-state index contributed by atoms with van der Waals surface area (Å²) < 4.78 is 39.4. The minimum atomic E-state index is -4.48. The SMILES string of the molecule is O=C1CC(NC(=O)C2CCCN(c3ncccc3C(F)(F)F)C2)C1. The number of nitrogens with one attached hydrogen (secondary N) is 1. The molecule has 8 heteroatoms. The number of carbonyl (C=O) groups is 2. The highest BCUT2D eigenvalue weighted by atomic mass is 19.4. The van der Waals surface area contributed by atoms with E-state index in [1.807, 2.05) is 0 Å². The van der Waals surface area contributed by atoms with Crippen LogP contribution < -0.4 is 10.2 Å². The van der Waals surface area contributed by atoms with E-state index in [9.17, 15) is 22.8 Å². The fourth-order valence-corrected chi connectivity index (χ4v) is 3.16. The maximum atomic E-state index is 13.1. The molecule has 1 aromatic rings. The highest BCUT2D eigenvalue weighted by molar-refractivity contribution is 5.88. The summed E-state index contributed by atoms with van der Waals surface area (Å²) in [6.07, 6.45) is -1.21. The molecule has 2 heterocycles. The molecule has 0 aromatic carbocycles. The quantitative estimate of drug-likeness (QED) is 0.915. The van der Waals surface area contributed by atoms with E-state index in [-0.39, 0.29) is 30.1 Å².